The summed E-state index contributed by atoms with van der Waals surface area (Å²) in [4.78, 5) is 31.5. The van der Waals surface area contributed by atoms with E-state index in [1.807, 2.05) is 24.3 Å². The SMILES string of the molecule is O=C(O)c1cc2c3ccccc3c3cc(C(=O)O)nc4ccc(n1)c2c43. The molecule has 6 nitrogen and oxygen atoms in total. The van der Waals surface area contributed by atoms with Crippen LogP contribution in [0.25, 0.3) is 43.4 Å². The number of hydrogen-bond acceptors (Lipinski definition) is 4. The zero-order valence-corrected chi connectivity index (χ0v) is 13.2. The molecule has 0 amide bonds. The van der Waals surface area contributed by atoms with E-state index in [1.54, 1.807) is 24.3 Å². The number of carboxylic acid groups (broad SMARTS) is 2. The molecule has 2 heterocycles. The quantitative estimate of drug-likeness (QED) is 0.372. The molecule has 0 spiro atoms. The molecule has 26 heavy (non-hydrogen) atoms. The van der Waals surface area contributed by atoms with Gasteiger partial charge in [0.15, 0.2) is 0 Å². The van der Waals surface area contributed by atoms with Crippen LogP contribution in [0.15, 0.2) is 48.5 Å². The summed E-state index contributed by atoms with van der Waals surface area (Å²) in [6.07, 6.45) is 0. The number of benzene rings is 3. The molecule has 0 unspecified atom stereocenters. The van der Waals surface area contributed by atoms with Crippen LogP contribution in [-0.2, 0) is 0 Å². The lowest BCUT2D eigenvalue weighted by atomic mass is 9.92. The molecule has 3 aromatic carbocycles. The largest absolute Gasteiger partial charge is 0.477 e. The second kappa shape index (κ2) is 4.86. The van der Waals surface area contributed by atoms with Crippen LogP contribution in [0.4, 0.5) is 0 Å². The Labute approximate surface area is 145 Å². The molecular weight excluding hydrogens is 332 g/mol. The first-order chi connectivity index (χ1) is 12.5. The second-order valence-corrected chi connectivity index (χ2v) is 6.12. The van der Waals surface area contributed by atoms with E-state index < -0.39 is 11.9 Å². The Bertz CT molecular complexity index is 1280. The van der Waals surface area contributed by atoms with Crippen molar-refractivity contribution >= 4 is 55.3 Å². The van der Waals surface area contributed by atoms with Crippen molar-refractivity contribution in [1.82, 2.24) is 9.97 Å². The van der Waals surface area contributed by atoms with E-state index in [-0.39, 0.29) is 11.4 Å². The van der Waals surface area contributed by atoms with E-state index in [4.69, 9.17) is 0 Å². The summed E-state index contributed by atoms with van der Waals surface area (Å²) in [6, 6.07) is 14.0. The van der Waals surface area contributed by atoms with Gasteiger partial charge in [0.25, 0.3) is 0 Å². The van der Waals surface area contributed by atoms with Crippen LogP contribution in [0, 0.1) is 0 Å². The molecule has 0 saturated carbocycles. The van der Waals surface area contributed by atoms with Gasteiger partial charge in [-0.1, -0.05) is 24.3 Å². The number of aromatic nitrogens is 2. The molecule has 0 saturated heterocycles. The Morgan fingerprint density at radius 1 is 0.654 bits per heavy atom. The van der Waals surface area contributed by atoms with Crippen LogP contribution in [0.3, 0.4) is 0 Å². The molecule has 0 aliphatic carbocycles. The average Bonchev–Trinajstić information content (AvgIpc) is 2.65. The van der Waals surface area contributed by atoms with Crippen molar-refractivity contribution < 1.29 is 19.8 Å². The molecule has 0 atom stereocenters. The van der Waals surface area contributed by atoms with Gasteiger partial charge >= 0.3 is 11.9 Å². The number of rotatable bonds is 2. The predicted molar refractivity (Wildman–Crippen MR) is 97.2 cm³/mol. The van der Waals surface area contributed by atoms with Crippen LogP contribution in [0.5, 0.6) is 0 Å². The van der Waals surface area contributed by atoms with Crippen molar-refractivity contribution in [3.8, 4) is 0 Å². The van der Waals surface area contributed by atoms with Gasteiger partial charge in [-0.2, -0.15) is 0 Å². The summed E-state index contributed by atoms with van der Waals surface area (Å²) < 4.78 is 0. The van der Waals surface area contributed by atoms with Gasteiger partial charge in [0.05, 0.1) is 11.0 Å². The van der Waals surface area contributed by atoms with Gasteiger partial charge < -0.3 is 10.2 Å². The Morgan fingerprint density at radius 2 is 1.08 bits per heavy atom. The van der Waals surface area contributed by atoms with E-state index in [2.05, 4.69) is 9.97 Å². The summed E-state index contributed by atoms with van der Waals surface area (Å²) in [5.41, 5.74) is 1.04. The third-order valence-electron chi connectivity index (χ3n) is 4.69. The van der Waals surface area contributed by atoms with Crippen LogP contribution in [-0.4, -0.2) is 32.1 Å². The van der Waals surface area contributed by atoms with Gasteiger partial charge in [-0.25, -0.2) is 19.6 Å². The van der Waals surface area contributed by atoms with Crippen molar-refractivity contribution in [2.24, 2.45) is 0 Å². The van der Waals surface area contributed by atoms with Gasteiger partial charge in [-0.3, -0.25) is 0 Å². The van der Waals surface area contributed by atoms with Gasteiger partial charge in [-0.15, -0.1) is 0 Å². The van der Waals surface area contributed by atoms with Gasteiger partial charge in [0, 0.05) is 10.8 Å². The fraction of sp³-hybridized carbons (Fsp3) is 0. The molecule has 0 fully saturated rings. The van der Waals surface area contributed by atoms with Crippen LogP contribution in [0.2, 0.25) is 0 Å². The van der Waals surface area contributed by atoms with E-state index in [0.29, 0.717) is 11.0 Å². The van der Waals surface area contributed by atoms with Gasteiger partial charge in [0.1, 0.15) is 11.4 Å². The van der Waals surface area contributed by atoms with Crippen LogP contribution in [0.1, 0.15) is 21.0 Å². The van der Waals surface area contributed by atoms with Crippen molar-refractivity contribution in [2.45, 2.75) is 0 Å². The van der Waals surface area contributed by atoms with Crippen LogP contribution >= 0.6 is 0 Å². The number of fused-ring (bicyclic) bond motifs is 3. The lowest BCUT2D eigenvalue weighted by molar-refractivity contribution is 0.0680. The maximum atomic E-state index is 11.5. The first-order valence-electron chi connectivity index (χ1n) is 7.89. The lowest BCUT2D eigenvalue weighted by Crippen LogP contribution is -2.03. The highest BCUT2D eigenvalue weighted by Crippen LogP contribution is 2.40. The summed E-state index contributed by atoms with van der Waals surface area (Å²) in [7, 11) is 0. The summed E-state index contributed by atoms with van der Waals surface area (Å²) in [5, 5.41) is 23.6. The Hall–Kier alpha value is -3.80. The molecule has 0 aliphatic heterocycles. The molecule has 5 rings (SSSR count). The molecule has 0 aliphatic rings. The minimum atomic E-state index is -1.09. The van der Waals surface area contributed by atoms with Crippen molar-refractivity contribution in [2.75, 3.05) is 0 Å². The fourth-order valence-electron chi connectivity index (χ4n) is 3.65. The zero-order valence-electron chi connectivity index (χ0n) is 13.2. The predicted octanol–water partition coefficient (Wildman–Crippen LogP) is 3.92. The third kappa shape index (κ3) is 1.81. The van der Waals surface area contributed by atoms with Gasteiger partial charge in [-0.05, 0) is 45.8 Å². The zero-order chi connectivity index (χ0) is 18.0. The first-order valence-corrected chi connectivity index (χ1v) is 7.89. The highest BCUT2D eigenvalue weighted by molar-refractivity contribution is 6.33. The third-order valence-corrected chi connectivity index (χ3v) is 4.69. The highest BCUT2D eigenvalue weighted by Gasteiger charge is 2.19. The van der Waals surface area contributed by atoms with E-state index in [9.17, 15) is 19.8 Å². The molecule has 2 aromatic heterocycles. The molecule has 0 radical (unpaired) electrons. The normalized spacial score (nSPS) is 11.7. The number of carboxylic acids is 2. The molecule has 5 aromatic rings. The highest BCUT2D eigenvalue weighted by atomic mass is 16.4. The minimum Gasteiger partial charge on any atom is -0.477 e. The number of aromatic carboxylic acids is 2. The molecular formula is C20H10N2O4. The summed E-state index contributed by atoms with van der Waals surface area (Å²) >= 11 is 0. The molecule has 124 valence electrons. The number of nitrogens with zero attached hydrogens (tertiary/aromatic N) is 2. The molecule has 2 N–H and O–H groups in total. The van der Waals surface area contributed by atoms with E-state index in [1.165, 1.54) is 0 Å². The minimum absolute atomic E-state index is 0.0276. The van der Waals surface area contributed by atoms with Crippen LogP contribution < -0.4 is 0 Å². The second-order valence-electron chi connectivity index (χ2n) is 6.12. The van der Waals surface area contributed by atoms with Crippen molar-refractivity contribution in [1.29, 1.82) is 0 Å². The topological polar surface area (TPSA) is 100 Å². The number of carbonyl (C=O) groups is 2. The summed E-state index contributed by atoms with van der Waals surface area (Å²) in [6.45, 7) is 0. The smallest absolute Gasteiger partial charge is 0.354 e. The van der Waals surface area contributed by atoms with Gasteiger partial charge in [0.2, 0.25) is 0 Å². The Balaban J connectivity index is 2.15. The van der Waals surface area contributed by atoms with Crippen molar-refractivity contribution in [3.63, 3.8) is 0 Å². The fourth-order valence-corrected chi connectivity index (χ4v) is 3.65. The summed E-state index contributed by atoms with van der Waals surface area (Å²) in [5.74, 6) is -2.18. The number of hydrogen-bond donors (Lipinski definition) is 2. The van der Waals surface area contributed by atoms with E-state index >= 15 is 0 Å². The standard InChI is InChI=1S/C20H10N2O4/c23-19(24)15-7-11-9-3-1-2-4-10(9)12-8-16(20(25)26)22-14-6-5-13(21-15)17(11)18(12)14/h1-8H,(H,23,24)(H,25,26). The average molecular weight is 342 g/mol. The monoisotopic (exact) mass is 342 g/mol. The molecule has 0 bridgehead atoms. The maximum Gasteiger partial charge on any atom is 0.354 e. The molecule has 6 heteroatoms. The first kappa shape index (κ1) is 14.5. The maximum absolute atomic E-state index is 11.5. The lowest BCUT2D eigenvalue weighted by Gasteiger charge is -2.14. The Kier molecular flexibility index (Phi) is 2.72. The number of pyridine rings is 2. The van der Waals surface area contributed by atoms with Crippen molar-refractivity contribution in [3.05, 3.63) is 59.9 Å². The van der Waals surface area contributed by atoms with E-state index in [0.717, 1.165) is 32.3 Å². The Morgan fingerprint density at radius 3 is 1.46 bits per heavy atom.